The smallest absolute Gasteiger partial charge is 0.130 e. The quantitative estimate of drug-likeness (QED) is 0.721. The minimum absolute atomic E-state index is 0.151. The van der Waals surface area contributed by atoms with E-state index >= 15 is 0 Å². The van der Waals surface area contributed by atoms with Gasteiger partial charge in [-0.25, -0.2) is 4.39 Å². The third-order valence-corrected chi connectivity index (χ3v) is 6.22. The van der Waals surface area contributed by atoms with Gasteiger partial charge in [0.1, 0.15) is 11.6 Å². The Morgan fingerprint density at radius 1 is 1.14 bits per heavy atom. The van der Waals surface area contributed by atoms with Crippen molar-refractivity contribution in [2.24, 2.45) is 0 Å². The van der Waals surface area contributed by atoms with Gasteiger partial charge in [0.15, 0.2) is 0 Å². The number of hydrogen-bond donors (Lipinski definition) is 1. The summed E-state index contributed by atoms with van der Waals surface area (Å²) in [5.41, 5.74) is 2.08. The summed E-state index contributed by atoms with van der Waals surface area (Å²) in [6, 6.07) is 12.7. The molecule has 0 aliphatic carbocycles. The zero-order chi connectivity index (χ0) is 16.2. The second-order valence-electron chi connectivity index (χ2n) is 5.81. The van der Waals surface area contributed by atoms with Crippen molar-refractivity contribution >= 4 is 13.9 Å². The van der Waals surface area contributed by atoms with Crippen molar-refractivity contribution in [1.82, 2.24) is 0 Å². The van der Waals surface area contributed by atoms with Gasteiger partial charge in [-0.05, 0) is 31.9 Å². The third kappa shape index (κ3) is 3.50. The van der Waals surface area contributed by atoms with Gasteiger partial charge >= 0.3 is 0 Å². The molecule has 22 heavy (non-hydrogen) atoms. The monoisotopic (exact) mass is 318 g/mol. The van der Waals surface area contributed by atoms with Crippen LogP contribution in [0.5, 0.6) is 5.75 Å². The summed E-state index contributed by atoms with van der Waals surface area (Å²) in [5.74, 6) is 0.173. The lowest BCUT2D eigenvalue weighted by molar-refractivity contribution is 0.442. The third-order valence-electron chi connectivity index (χ3n) is 4.20. The largest absolute Gasteiger partial charge is 0.508 e. The molecule has 0 amide bonds. The lowest BCUT2D eigenvalue weighted by atomic mass is 9.89. The fourth-order valence-electron chi connectivity index (χ4n) is 3.00. The Bertz CT molecular complexity index is 641. The van der Waals surface area contributed by atoms with E-state index in [1.807, 2.05) is 25.1 Å². The van der Waals surface area contributed by atoms with Gasteiger partial charge in [-0.3, -0.25) is 0 Å². The Morgan fingerprint density at radius 2 is 1.86 bits per heavy atom. The first-order valence-corrected chi connectivity index (χ1v) is 8.85. The molecule has 2 aromatic carbocycles. The summed E-state index contributed by atoms with van der Waals surface area (Å²) in [4.78, 5) is 0. The molecule has 0 radical (unpaired) electrons. The molecular formula is C19H24FOP. The molecule has 3 heteroatoms. The topological polar surface area (TPSA) is 20.2 Å². The van der Waals surface area contributed by atoms with Gasteiger partial charge in [0, 0.05) is 16.0 Å². The number of phenols is 1. The first kappa shape index (κ1) is 17.0. The zero-order valence-corrected chi connectivity index (χ0v) is 14.5. The fourth-order valence-corrected chi connectivity index (χ4v) is 4.79. The number of aryl methyl sites for hydroxylation is 1. The lowest BCUT2D eigenvalue weighted by Crippen LogP contribution is -2.23. The Labute approximate surface area is 134 Å². The predicted molar refractivity (Wildman–Crippen MR) is 94.1 cm³/mol. The molecule has 0 saturated heterocycles. The van der Waals surface area contributed by atoms with E-state index in [9.17, 15) is 9.50 Å². The van der Waals surface area contributed by atoms with Crippen molar-refractivity contribution < 1.29 is 9.50 Å². The Balaban J connectivity index is 2.52. The van der Waals surface area contributed by atoms with Crippen LogP contribution in [0.15, 0.2) is 42.5 Å². The van der Waals surface area contributed by atoms with Crippen LogP contribution in [0, 0.1) is 12.7 Å². The second kappa shape index (κ2) is 7.24. The van der Waals surface area contributed by atoms with E-state index in [-0.39, 0.29) is 11.0 Å². The molecule has 0 aromatic heterocycles. The number of aromatic hydroxyl groups is 1. The number of benzene rings is 2. The predicted octanol–water partition coefficient (Wildman–Crippen LogP) is 5.25. The normalized spacial score (nSPS) is 14.4. The number of rotatable bonds is 6. The number of hydrogen-bond acceptors (Lipinski definition) is 1. The Morgan fingerprint density at radius 3 is 2.50 bits per heavy atom. The average Bonchev–Trinajstić information content (AvgIpc) is 2.51. The molecule has 0 aliphatic rings. The summed E-state index contributed by atoms with van der Waals surface area (Å²) in [6.07, 6.45) is 2.82. The van der Waals surface area contributed by atoms with Crippen molar-refractivity contribution in [3.63, 3.8) is 0 Å². The molecule has 1 nitrogen and oxygen atoms in total. The van der Waals surface area contributed by atoms with E-state index in [1.54, 1.807) is 12.1 Å². The highest BCUT2D eigenvalue weighted by Crippen LogP contribution is 2.50. The molecule has 2 rings (SSSR count). The maximum Gasteiger partial charge on any atom is 0.130 e. The van der Waals surface area contributed by atoms with Crippen LogP contribution in [0.25, 0.3) is 0 Å². The maximum atomic E-state index is 14.1. The highest BCUT2D eigenvalue weighted by atomic mass is 31.1. The van der Waals surface area contributed by atoms with E-state index in [0.717, 1.165) is 35.7 Å². The summed E-state index contributed by atoms with van der Waals surface area (Å²) >= 11 is 0. The first-order valence-electron chi connectivity index (χ1n) is 7.85. The molecular weight excluding hydrogens is 294 g/mol. The molecule has 0 bridgehead atoms. The molecule has 0 heterocycles. The molecule has 2 atom stereocenters. The minimum atomic E-state index is -0.201. The molecule has 0 fully saturated rings. The summed E-state index contributed by atoms with van der Waals surface area (Å²) in [7, 11) is 0.307. The van der Waals surface area contributed by atoms with E-state index in [0.29, 0.717) is 14.3 Å². The summed E-state index contributed by atoms with van der Waals surface area (Å²) in [5, 5.41) is 10.9. The van der Waals surface area contributed by atoms with Gasteiger partial charge in [0.25, 0.3) is 0 Å². The Kier molecular flexibility index (Phi) is 5.58. The van der Waals surface area contributed by atoms with Gasteiger partial charge in [-0.15, -0.1) is 0 Å². The van der Waals surface area contributed by atoms with E-state index < -0.39 is 0 Å². The van der Waals surface area contributed by atoms with Gasteiger partial charge in [-0.1, -0.05) is 64.7 Å². The van der Waals surface area contributed by atoms with Crippen LogP contribution >= 0.6 is 8.58 Å². The standard InChI is InChI=1S/C19H24FOP/c1-4-12-19(5-2,15-13-14(3)10-11-17(15)21)22-18-9-7-6-8-16(18)20/h6-11,13,21-22H,4-5,12H2,1-3H3. The maximum absolute atomic E-state index is 14.1. The lowest BCUT2D eigenvalue weighted by Gasteiger charge is -2.34. The second-order valence-corrected chi connectivity index (χ2v) is 7.56. The first-order chi connectivity index (χ1) is 10.5. The molecule has 2 unspecified atom stereocenters. The van der Waals surface area contributed by atoms with Gasteiger partial charge < -0.3 is 5.11 Å². The van der Waals surface area contributed by atoms with Crippen LogP contribution in [-0.4, -0.2) is 5.11 Å². The molecule has 0 saturated carbocycles. The van der Waals surface area contributed by atoms with Crippen molar-refractivity contribution in [2.75, 3.05) is 0 Å². The van der Waals surface area contributed by atoms with Crippen LogP contribution in [0.4, 0.5) is 4.39 Å². The molecule has 118 valence electrons. The van der Waals surface area contributed by atoms with E-state index in [2.05, 4.69) is 19.9 Å². The van der Waals surface area contributed by atoms with Crippen LogP contribution in [-0.2, 0) is 5.16 Å². The SMILES string of the molecule is CCCC(CC)(Pc1ccccc1F)c1cc(C)ccc1O. The molecule has 0 spiro atoms. The van der Waals surface area contributed by atoms with Crippen molar-refractivity contribution in [3.05, 3.63) is 59.4 Å². The number of phenolic OH excluding ortho intramolecular Hbond substituents is 1. The Hall–Kier alpha value is -1.40. The highest BCUT2D eigenvalue weighted by molar-refractivity contribution is 7.48. The van der Waals surface area contributed by atoms with E-state index in [4.69, 9.17) is 0 Å². The van der Waals surface area contributed by atoms with Crippen LogP contribution in [0.3, 0.4) is 0 Å². The van der Waals surface area contributed by atoms with Crippen LogP contribution in [0.1, 0.15) is 44.2 Å². The minimum Gasteiger partial charge on any atom is -0.508 e. The van der Waals surface area contributed by atoms with Crippen LogP contribution < -0.4 is 5.30 Å². The van der Waals surface area contributed by atoms with Gasteiger partial charge in [0.2, 0.25) is 0 Å². The van der Waals surface area contributed by atoms with Gasteiger partial charge in [0.05, 0.1) is 0 Å². The molecule has 0 aliphatic heterocycles. The molecule has 1 N–H and O–H groups in total. The van der Waals surface area contributed by atoms with E-state index in [1.165, 1.54) is 6.07 Å². The van der Waals surface area contributed by atoms with Crippen molar-refractivity contribution in [3.8, 4) is 5.75 Å². The fraction of sp³-hybridized carbons (Fsp3) is 0.368. The zero-order valence-electron chi connectivity index (χ0n) is 13.5. The molecule has 2 aromatic rings. The average molecular weight is 318 g/mol. The van der Waals surface area contributed by atoms with Crippen LogP contribution in [0.2, 0.25) is 0 Å². The highest BCUT2D eigenvalue weighted by Gasteiger charge is 2.33. The summed E-state index contributed by atoms with van der Waals surface area (Å²) in [6.45, 7) is 6.30. The van der Waals surface area contributed by atoms with Crippen molar-refractivity contribution in [1.29, 1.82) is 0 Å². The summed E-state index contributed by atoms with van der Waals surface area (Å²) < 4.78 is 14.1. The van der Waals surface area contributed by atoms with Gasteiger partial charge in [-0.2, -0.15) is 0 Å². The number of halogens is 1. The van der Waals surface area contributed by atoms with Crippen molar-refractivity contribution in [2.45, 2.75) is 45.2 Å².